The summed E-state index contributed by atoms with van der Waals surface area (Å²) in [4.78, 5) is 13.6. The first-order valence-electron chi connectivity index (χ1n) is 7.51. The standard InChI is InChI=1S/C15H23N3O2/c1-3-13(2)17-10-8-16(9-11-17)12-14-4-6-15(7-5-14)18(19)20/h4-7,13H,3,8-12H2,1-2H3/p+2. The van der Waals surface area contributed by atoms with E-state index in [0.29, 0.717) is 0 Å². The SMILES string of the molecule is CCC(C)[NH+]1CC[NH+](Cc2ccc([N+](=O)[O-])cc2)CC1. The number of non-ortho nitro benzene ring substituents is 1. The zero-order valence-electron chi connectivity index (χ0n) is 12.4. The first-order chi connectivity index (χ1) is 9.60. The van der Waals surface area contributed by atoms with Gasteiger partial charge in [0.2, 0.25) is 0 Å². The average molecular weight is 279 g/mol. The van der Waals surface area contributed by atoms with Crippen molar-refractivity contribution in [3.63, 3.8) is 0 Å². The van der Waals surface area contributed by atoms with E-state index in [1.54, 1.807) is 21.9 Å². The first-order valence-corrected chi connectivity index (χ1v) is 7.51. The molecule has 5 nitrogen and oxygen atoms in total. The minimum atomic E-state index is -0.342. The molecule has 1 fully saturated rings. The summed E-state index contributed by atoms with van der Waals surface area (Å²) in [6.07, 6.45) is 1.24. The second kappa shape index (κ2) is 6.81. The Hall–Kier alpha value is -1.46. The van der Waals surface area contributed by atoms with Crippen LogP contribution in [0.4, 0.5) is 5.69 Å². The van der Waals surface area contributed by atoms with E-state index in [4.69, 9.17) is 0 Å². The van der Waals surface area contributed by atoms with Crippen LogP contribution >= 0.6 is 0 Å². The summed E-state index contributed by atoms with van der Waals surface area (Å²) in [7, 11) is 0. The zero-order valence-corrected chi connectivity index (χ0v) is 12.4. The van der Waals surface area contributed by atoms with Gasteiger partial charge in [0.05, 0.1) is 11.0 Å². The summed E-state index contributed by atoms with van der Waals surface area (Å²) in [5.41, 5.74) is 1.37. The van der Waals surface area contributed by atoms with Gasteiger partial charge in [0, 0.05) is 17.7 Å². The molecule has 2 rings (SSSR count). The van der Waals surface area contributed by atoms with E-state index >= 15 is 0 Å². The van der Waals surface area contributed by atoms with Gasteiger partial charge >= 0.3 is 0 Å². The van der Waals surface area contributed by atoms with Gasteiger partial charge in [-0.25, -0.2) is 0 Å². The van der Waals surface area contributed by atoms with Crippen LogP contribution in [0.3, 0.4) is 0 Å². The highest BCUT2D eigenvalue weighted by atomic mass is 16.6. The van der Waals surface area contributed by atoms with Gasteiger partial charge in [0.15, 0.2) is 0 Å². The number of nitrogens with one attached hydrogen (secondary N) is 2. The maximum absolute atomic E-state index is 10.6. The number of piperazine rings is 1. The molecule has 0 bridgehead atoms. The van der Waals surface area contributed by atoms with Crippen molar-refractivity contribution in [3.8, 4) is 0 Å². The summed E-state index contributed by atoms with van der Waals surface area (Å²) in [5.74, 6) is 0. The summed E-state index contributed by atoms with van der Waals surface area (Å²) in [6, 6.07) is 7.75. The summed E-state index contributed by atoms with van der Waals surface area (Å²) in [5, 5.41) is 10.6. The van der Waals surface area contributed by atoms with Gasteiger partial charge in [-0.05, 0) is 25.5 Å². The van der Waals surface area contributed by atoms with E-state index in [-0.39, 0.29) is 10.6 Å². The average Bonchev–Trinajstić information content (AvgIpc) is 2.48. The predicted octanol–water partition coefficient (Wildman–Crippen LogP) is -0.323. The van der Waals surface area contributed by atoms with Gasteiger partial charge in [-0.3, -0.25) is 10.1 Å². The predicted molar refractivity (Wildman–Crippen MR) is 77.9 cm³/mol. The fourth-order valence-electron chi connectivity index (χ4n) is 2.91. The third-order valence-electron chi connectivity index (χ3n) is 4.51. The largest absolute Gasteiger partial charge is 0.323 e. The number of benzene rings is 1. The van der Waals surface area contributed by atoms with Crippen LogP contribution in [-0.2, 0) is 6.54 Å². The van der Waals surface area contributed by atoms with Crippen LogP contribution in [0, 0.1) is 10.1 Å². The molecular formula is C15H25N3O2+2. The molecule has 1 unspecified atom stereocenters. The molecule has 1 saturated heterocycles. The topological polar surface area (TPSA) is 52.0 Å². The molecule has 0 amide bonds. The molecule has 1 aliphatic rings. The molecule has 1 aromatic rings. The molecule has 1 atom stereocenters. The van der Waals surface area contributed by atoms with E-state index in [0.717, 1.165) is 12.6 Å². The van der Waals surface area contributed by atoms with Crippen LogP contribution in [0.2, 0.25) is 0 Å². The fraction of sp³-hybridized carbons (Fsp3) is 0.600. The molecule has 0 aliphatic carbocycles. The van der Waals surface area contributed by atoms with Crippen LogP contribution in [0.1, 0.15) is 25.8 Å². The van der Waals surface area contributed by atoms with Crippen molar-refractivity contribution in [2.45, 2.75) is 32.9 Å². The van der Waals surface area contributed by atoms with E-state index in [2.05, 4.69) is 13.8 Å². The maximum Gasteiger partial charge on any atom is 0.269 e. The lowest BCUT2D eigenvalue weighted by Gasteiger charge is -2.32. The summed E-state index contributed by atoms with van der Waals surface area (Å²) in [6.45, 7) is 10.4. The Kier molecular flexibility index (Phi) is 5.09. The van der Waals surface area contributed by atoms with E-state index < -0.39 is 0 Å². The van der Waals surface area contributed by atoms with Crippen molar-refractivity contribution >= 4 is 5.69 Å². The van der Waals surface area contributed by atoms with Crippen molar-refractivity contribution in [1.29, 1.82) is 0 Å². The van der Waals surface area contributed by atoms with E-state index in [1.165, 1.54) is 38.2 Å². The van der Waals surface area contributed by atoms with Gasteiger partial charge in [-0.1, -0.05) is 6.92 Å². The number of hydrogen-bond acceptors (Lipinski definition) is 2. The number of nitro groups is 1. The van der Waals surface area contributed by atoms with Crippen LogP contribution < -0.4 is 9.80 Å². The fourth-order valence-corrected chi connectivity index (χ4v) is 2.91. The molecule has 0 radical (unpaired) electrons. The maximum atomic E-state index is 10.6. The molecule has 5 heteroatoms. The Morgan fingerprint density at radius 3 is 2.30 bits per heavy atom. The highest BCUT2D eigenvalue weighted by Crippen LogP contribution is 2.10. The number of nitrogens with zero attached hydrogens (tertiary/aromatic N) is 1. The number of rotatable bonds is 5. The smallest absolute Gasteiger partial charge is 0.269 e. The number of nitro benzene ring substituents is 1. The molecule has 2 N–H and O–H groups in total. The first kappa shape index (κ1) is 14.9. The van der Waals surface area contributed by atoms with Crippen LogP contribution in [0.5, 0.6) is 0 Å². The minimum Gasteiger partial charge on any atom is -0.323 e. The highest BCUT2D eigenvalue weighted by molar-refractivity contribution is 5.32. The molecule has 0 saturated carbocycles. The molecule has 20 heavy (non-hydrogen) atoms. The van der Waals surface area contributed by atoms with Gasteiger partial charge in [-0.2, -0.15) is 0 Å². The molecule has 0 spiro atoms. The number of hydrogen-bond donors (Lipinski definition) is 2. The van der Waals surface area contributed by atoms with Crippen molar-refractivity contribution in [2.75, 3.05) is 26.2 Å². The van der Waals surface area contributed by atoms with E-state index in [1.807, 2.05) is 12.1 Å². The summed E-state index contributed by atoms with van der Waals surface area (Å²) >= 11 is 0. The third-order valence-corrected chi connectivity index (χ3v) is 4.51. The lowest BCUT2D eigenvalue weighted by molar-refractivity contribution is -1.03. The molecule has 0 aromatic heterocycles. The van der Waals surface area contributed by atoms with Gasteiger partial charge in [0.1, 0.15) is 32.7 Å². The van der Waals surface area contributed by atoms with Crippen LogP contribution in [0.25, 0.3) is 0 Å². The van der Waals surface area contributed by atoms with Gasteiger partial charge < -0.3 is 9.80 Å². The van der Waals surface area contributed by atoms with Gasteiger partial charge in [-0.15, -0.1) is 0 Å². The van der Waals surface area contributed by atoms with Gasteiger partial charge in [0.25, 0.3) is 5.69 Å². The zero-order chi connectivity index (χ0) is 14.5. The lowest BCUT2D eigenvalue weighted by atomic mass is 10.1. The summed E-state index contributed by atoms with van der Waals surface area (Å²) < 4.78 is 0. The second-order valence-corrected chi connectivity index (χ2v) is 5.82. The third kappa shape index (κ3) is 3.77. The van der Waals surface area contributed by atoms with Crippen LogP contribution in [-0.4, -0.2) is 37.1 Å². The van der Waals surface area contributed by atoms with E-state index in [9.17, 15) is 10.1 Å². The monoisotopic (exact) mass is 279 g/mol. The van der Waals surface area contributed by atoms with Crippen LogP contribution in [0.15, 0.2) is 24.3 Å². The van der Waals surface area contributed by atoms with Crippen molar-refractivity contribution in [2.24, 2.45) is 0 Å². The molecule has 110 valence electrons. The van der Waals surface area contributed by atoms with Crippen molar-refractivity contribution in [3.05, 3.63) is 39.9 Å². The Balaban J connectivity index is 1.84. The lowest BCUT2D eigenvalue weighted by Crippen LogP contribution is -3.29. The quantitative estimate of drug-likeness (QED) is 0.573. The Labute approximate surface area is 120 Å². The van der Waals surface area contributed by atoms with Crippen molar-refractivity contribution in [1.82, 2.24) is 0 Å². The Bertz CT molecular complexity index is 439. The Morgan fingerprint density at radius 2 is 1.80 bits per heavy atom. The molecule has 1 aromatic carbocycles. The minimum absolute atomic E-state index is 0.176. The van der Waals surface area contributed by atoms with Crippen molar-refractivity contribution < 1.29 is 14.7 Å². The molecule has 1 heterocycles. The normalized spacial score (nSPS) is 24.3. The Morgan fingerprint density at radius 1 is 1.20 bits per heavy atom. The second-order valence-electron chi connectivity index (χ2n) is 5.82. The molecular weight excluding hydrogens is 254 g/mol. The highest BCUT2D eigenvalue weighted by Gasteiger charge is 2.25. The number of quaternary nitrogens is 2. The molecule has 1 aliphatic heterocycles.